The van der Waals surface area contributed by atoms with Crippen LogP contribution >= 0.6 is 23.1 Å². The third-order valence-corrected chi connectivity index (χ3v) is 7.19. The van der Waals surface area contributed by atoms with Crippen LogP contribution in [0.4, 0.5) is 40.3 Å². The number of hydrogen-bond acceptors (Lipinski definition) is 8. The molecule has 0 unspecified atom stereocenters. The standard InChI is InChI=1S/C19H15F2N5OS2.2C2HF3O2/c1-7-13(9-6-22-26-15(9)16(28-2)14(7)21)11-3-4-12-18(23-11)29-19(24-12)25-17(27)8-5-10(8)20;2*3-2(4,5)1(6)7/h3-4,6,8,10H,5H2,1-2H3,(H,22,26)(H,24,25,27);2*(H,6,7)/t8-,10+;;/m1../s1. The smallest absolute Gasteiger partial charge is 0.475 e. The molecule has 0 spiro atoms. The number of halogens is 8. The van der Waals surface area contributed by atoms with Crippen molar-refractivity contribution >= 4 is 67.3 Å². The number of aromatic amines is 1. The number of nitrogens with zero attached hydrogens (tertiary/aromatic N) is 3. The zero-order valence-electron chi connectivity index (χ0n) is 21.4. The first-order valence-corrected chi connectivity index (χ1v) is 13.4. The molecule has 1 fully saturated rings. The van der Waals surface area contributed by atoms with Crippen LogP contribution in [0.25, 0.3) is 32.5 Å². The van der Waals surface area contributed by atoms with Crippen LogP contribution in [0.1, 0.15) is 12.0 Å². The van der Waals surface area contributed by atoms with Gasteiger partial charge in [-0.3, -0.25) is 9.89 Å². The molecule has 10 nitrogen and oxygen atoms in total. The highest BCUT2D eigenvalue weighted by molar-refractivity contribution is 7.98. The van der Waals surface area contributed by atoms with Crippen LogP contribution < -0.4 is 5.32 Å². The van der Waals surface area contributed by atoms with E-state index in [0.29, 0.717) is 42.7 Å². The number of benzene rings is 1. The molecule has 5 rings (SSSR count). The summed E-state index contributed by atoms with van der Waals surface area (Å²) in [6, 6.07) is 3.56. The summed E-state index contributed by atoms with van der Waals surface area (Å²) in [4.78, 5) is 39.9. The fourth-order valence-corrected chi connectivity index (χ4v) is 4.94. The Morgan fingerprint density at radius 3 is 2.12 bits per heavy atom. The summed E-state index contributed by atoms with van der Waals surface area (Å²) >= 11 is 2.53. The molecule has 2 atom stereocenters. The van der Waals surface area contributed by atoms with Gasteiger partial charge in [-0.15, -0.1) is 11.8 Å². The molecule has 0 radical (unpaired) electrons. The summed E-state index contributed by atoms with van der Waals surface area (Å²) in [5.74, 6) is -6.75. The lowest BCUT2D eigenvalue weighted by molar-refractivity contribution is -0.193. The lowest BCUT2D eigenvalue weighted by Crippen LogP contribution is -2.21. The molecule has 4 N–H and O–H groups in total. The fourth-order valence-electron chi connectivity index (χ4n) is 3.41. The van der Waals surface area contributed by atoms with E-state index in [-0.39, 0.29) is 18.1 Å². The van der Waals surface area contributed by atoms with Crippen LogP contribution in [-0.4, -0.2) is 73.0 Å². The largest absolute Gasteiger partial charge is 0.490 e. The van der Waals surface area contributed by atoms with E-state index in [1.165, 1.54) is 23.1 Å². The third-order valence-electron chi connectivity index (χ3n) is 5.52. The number of thiazole rings is 1. The van der Waals surface area contributed by atoms with Gasteiger partial charge in [-0.1, -0.05) is 11.3 Å². The van der Waals surface area contributed by atoms with Gasteiger partial charge in [-0.05, 0) is 37.3 Å². The molecule has 1 saturated carbocycles. The fraction of sp³-hybridized carbons (Fsp3) is 0.304. The van der Waals surface area contributed by atoms with E-state index in [1.54, 1.807) is 25.3 Å². The quantitative estimate of drug-likeness (QED) is 0.153. The molecule has 3 aromatic heterocycles. The number of anilines is 1. The van der Waals surface area contributed by atoms with Crippen LogP contribution in [0.15, 0.2) is 23.2 Å². The molecule has 20 heteroatoms. The Morgan fingerprint density at radius 2 is 1.63 bits per heavy atom. The zero-order chi connectivity index (χ0) is 32.4. The topological polar surface area (TPSA) is 158 Å². The molecule has 43 heavy (non-hydrogen) atoms. The summed E-state index contributed by atoms with van der Waals surface area (Å²) < 4.78 is 91.5. The van der Waals surface area contributed by atoms with Gasteiger partial charge in [0.05, 0.1) is 28.2 Å². The van der Waals surface area contributed by atoms with Gasteiger partial charge in [0.15, 0.2) is 5.13 Å². The molecular weight excluding hydrogens is 642 g/mol. The number of aromatic nitrogens is 4. The van der Waals surface area contributed by atoms with Crippen molar-refractivity contribution in [1.29, 1.82) is 0 Å². The average molecular weight is 660 g/mol. The maximum Gasteiger partial charge on any atom is 0.490 e. The highest BCUT2D eigenvalue weighted by Gasteiger charge is 2.44. The Balaban J connectivity index is 0.000000303. The zero-order valence-corrected chi connectivity index (χ0v) is 23.0. The molecule has 1 aliphatic carbocycles. The highest BCUT2D eigenvalue weighted by atomic mass is 32.2. The molecule has 1 amide bonds. The van der Waals surface area contributed by atoms with E-state index in [0.717, 1.165) is 5.39 Å². The first-order chi connectivity index (χ1) is 19.9. The van der Waals surface area contributed by atoms with Crippen molar-refractivity contribution in [3.63, 3.8) is 0 Å². The van der Waals surface area contributed by atoms with Crippen molar-refractivity contribution in [1.82, 2.24) is 20.2 Å². The van der Waals surface area contributed by atoms with E-state index in [4.69, 9.17) is 19.8 Å². The SMILES string of the molecule is CSc1c(F)c(C)c(-c2ccc3nc(NC(=O)[C@@H]4C[C@@H]4F)sc3n2)c2cn[nH]c12.O=C(O)C(F)(F)F.O=C(O)C(F)(F)F. The monoisotopic (exact) mass is 659 g/mol. The lowest BCUT2D eigenvalue weighted by atomic mass is 10.00. The average Bonchev–Trinajstić information content (AvgIpc) is 3.26. The summed E-state index contributed by atoms with van der Waals surface area (Å²) in [6.45, 7) is 1.73. The Bertz CT molecular complexity index is 1660. The predicted molar refractivity (Wildman–Crippen MR) is 138 cm³/mol. The van der Waals surface area contributed by atoms with Crippen LogP contribution in [0.3, 0.4) is 0 Å². The molecular formula is C23H17F8N5O5S2. The van der Waals surface area contributed by atoms with Gasteiger partial charge in [-0.2, -0.15) is 31.4 Å². The van der Waals surface area contributed by atoms with Crippen molar-refractivity contribution in [3.05, 3.63) is 29.7 Å². The molecule has 0 aliphatic heterocycles. The van der Waals surface area contributed by atoms with E-state index in [1.807, 2.05) is 6.26 Å². The normalized spacial score (nSPS) is 16.1. The summed E-state index contributed by atoms with van der Waals surface area (Å²) in [7, 11) is 0. The molecule has 1 aliphatic rings. The van der Waals surface area contributed by atoms with Gasteiger partial charge in [0, 0.05) is 10.9 Å². The van der Waals surface area contributed by atoms with Gasteiger partial charge in [-0.25, -0.2) is 28.3 Å². The van der Waals surface area contributed by atoms with E-state index in [9.17, 15) is 39.9 Å². The number of carboxylic acids is 2. The van der Waals surface area contributed by atoms with Crippen molar-refractivity contribution in [2.75, 3.05) is 11.6 Å². The first kappa shape index (κ1) is 33.4. The van der Waals surface area contributed by atoms with Crippen molar-refractivity contribution in [2.45, 2.75) is 36.8 Å². The number of pyridine rings is 1. The van der Waals surface area contributed by atoms with Crippen molar-refractivity contribution < 1.29 is 59.7 Å². The lowest BCUT2D eigenvalue weighted by Gasteiger charge is -2.11. The molecule has 1 aromatic carbocycles. The van der Waals surface area contributed by atoms with Gasteiger partial charge in [0.1, 0.15) is 22.3 Å². The summed E-state index contributed by atoms with van der Waals surface area (Å²) in [5, 5.41) is 25.0. The number of nitrogens with one attached hydrogen (secondary N) is 2. The van der Waals surface area contributed by atoms with Gasteiger partial charge < -0.3 is 15.5 Å². The second-order valence-corrected chi connectivity index (χ2v) is 10.3. The van der Waals surface area contributed by atoms with Crippen molar-refractivity contribution in [2.24, 2.45) is 5.92 Å². The minimum atomic E-state index is -5.08. The van der Waals surface area contributed by atoms with Crippen LogP contribution in [-0.2, 0) is 14.4 Å². The molecule has 0 saturated heterocycles. The van der Waals surface area contributed by atoms with Crippen LogP contribution in [0.2, 0.25) is 0 Å². The number of thioether (sulfide) groups is 1. The maximum absolute atomic E-state index is 14.9. The number of amides is 1. The number of carbonyl (C=O) groups excluding carboxylic acids is 1. The van der Waals surface area contributed by atoms with E-state index in [2.05, 4.69) is 25.5 Å². The number of hydrogen-bond donors (Lipinski definition) is 4. The molecule has 4 aromatic rings. The number of aliphatic carboxylic acids is 2. The highest BCUT2D eigenvalue weighted by Crippen LogP contribution is 2.39. The Kier molecular flexibility index (Phi) is 9.84. The number of carbonyl (C=O) groups is 3. The maximum atomic E-state index is 14.9. The number of fused-ring (bicyclic) bond motifs is 2. The van der Waals surface area contributed by atoms with Gasteiger partial charge in [0.2, 0.25) is 5.91 Å². The van der Waals surface area contributed by atoms with Gasteiger partial charge in [0.25, 0.3) is 0 Å². The second-order valence-electron chi connectivity index (χ2n) is 8.50. The van der Waals surface area contributed by atoms with Crippen LogP contribution in [0, 0.1) is 18.7 Å². The summed E-state index contributed by atoms with van der Waals surface area (Å²) in [5.41, 5.74) is 3.02. The number of rotatable bonds is 4. The molecule has 232 valence electrons. The number of alkyl halides is 7. The number of H-pyrrole nitrogens is 1. The van der Waals surface area contributed by atoms with E-state index >= 15 is 0 Å². The Morgan fingerprint density at radius 1 is 1.07 bits per heavy atom. The first-order valence-electron chi connectivity index (χ1n) is 11.4. The van der Waals surface area contributed by atoms with Gasteiger partial charge >= 0.3 is 24.3 Å². The Hall–Kier alpha value is -4.07. The van der Waals surface area contributed by atoms with Crippen molar-refractivity contribution in [3.8, 4) is 11.3 Å². The summed E-state index contributed by atoms with van der Waals surface area (Å²) in [6.07, 6.45) is -7.48. The number of carboxylic acid groups (broad SMARTS) is 2. The van der Waals surface area contributed by atoms with Crippen LogP contribution in [0.5, 0.6) is 0 Å². The second kappa shape index (κ2) is 12.7. The Labute approximate surface area is 242 Å². The minimum Gasteiger partial charge on any atom is -0.475 e. The molecule has 0 bridgehead atoms. The van der Waals surface area contributed by atoms with E-state index < -0.39 is 36.4 Å². The molecule has 3 heterocycles. The predicted octanol–water partition coefficient (Wildman–Crippen LogP) is 5.97. The minimum absolute atomic E-state index is 0.261. The third kappa shape index (κ3) is 7.86.